The third-order valence-corrected chi connectivity index (χ3v) is 2.24. The van der Waals surface area contributed by atoms with Gasteiger partial charge in [0.25, 0.3) is 0 Å². The van der Waals surface area contributed by atoms with Crippen molar-refractivity contribution in [2.24, 2.45) is 5.14 Å². The number of rotatable bonds is 4. The number of nitrogen functional groups attached to an aromatic ring is 1. The molecule has 84 valence electrons. The van der Waals surface area contributed by atoms with Crippen molar-refractivity contribution in [3.05, 3.63) is 5.28 Å². The van der Waals surface area contributed by atoms with E-state index in [1.54, 1.807) is 0 Å². The van der Waals surface area contributed by atoms with Gasteiger partial charge in [0, 0.05) is 6.54 Å². The molecule has 0 unspecified atom stereocenters. The summed E-state index contributed by atoms with van der Waals surface area (Å²) < 4.78 is 21.2. The average molecular weight is 253 g/mol. The molecule has 5 N–H and O–H groups in total. The Morgan fingerprint density at radius 2 is 2.00 bits per heavy atom. The summed E-state index contributed by atoms with van der Waals surface area (Å²) in [4.78, 5) is 10.9. The number of halogens is 1. The number of nitrogens with one attached hydrogen (secondary N) is 1. The van der Waals surface area contributed by atoms with Crippen molar-refractivity contribution in [2.45, 2.75) is 0 Å². The van der Waals surface area contributed by atoms with Crippen LogP contribution in [0.1, 0.15) is 0 Å². The standard InChI is InChI=1S/C5H9ClN6O2S/c6-3-10-4(7)12-5(11-3)9-1-2-15(8,13)14/h1-2H2,(H2,8,13,14)(H3,7,9,10,11,12). The molecule has 0 saturated carbocycles. The van der Waals surface area contributed by atoms with Crippen molar-refractivity contribution < 1.29 is 8.42 Å². The van der Waals surface area contributed by atoms with E-state index in [0.29, 0.717) is 0 Å². The minimum Gasteiger partial charge on any atom is -0.368 e. The molecule has 0 fully saturated rings. The average Bonchev–Trinajstić information content (AvgIpc) is 1.99. The summed E-state index contributed by atoms with van der Waals surface area (Å²) in [5.74, 6) is -0.180. The second kappa shape index (κ2) is 4.55. The molecule has 0 atom stereocenters. The molecule has 8 nitrogen and oxygen atoms in total. The van der Waals surface area contributed by atoms with Crippen molar-refractivity contribution in [2.75, 3.05) is 23.3 Å². The van der Waals surface area contributed by atoms with E-state index in [-0.39, 0.29) is 29.5 Å². The quantitative estimate of drug-likeness (QED) is 0.612. The molecule has 0 saturated heterocycles. The lowest BCUT2D eigenvalue weighted by molar-refractivity contribution is 0.598. The van der Waals surface area contributed by atoms with Crippen molar-refractivity contribution in [1.29, 1.82) is 0 Å². The number of anilines is 2. The smallest absolute Gasteiger partial charge is 0.228 e. The Labute approximate surface area is 91.1 Å². The lowest BCUT2D eigenvalue weighted by Gasteiger charge is -2.03. The first-order chi connectivity index (χ1) is 6.87. The van der Waals surface area contributed by atoms with Crippen molar-refractivity contribution in [3.63, 3.8) is 0 Å². The molecule has 0 aliphatic rings. The Morgan fingerprint density at radius 1 is 1.33 bits per heavy atom. The van der Waals surface area contributed by atoms with Crippen molar-refractivity contribution in [1.82, 2.24) is 15.0 Å². The third-order valence-electron chi connectivity index (χ3n) is 1.30. The summed E-state index contributed by atoms with van der Waals surface area (Å²) in [6.45, 7) is 0.0681. The molecular weight excluding hydrogens is 244 g/mol. The largest absolute Gasteiger partial charge is 0.368 e. The van der Waals surface area contributed by atoms with Gasteiger partial charge in [-0.2, -0.15) is 15.0 Å². The number of hydrogen-bond donors (Lipinski definition) is 3. The second-order valence-corrected chi connectivity index (χ2v) is 4.65. The Hall–Kier alpha value is -1.19. The van der Waals surface area contributed by atoms with Gasteiger partial charge in [-0.15, -0.1) is 0 Å². The van der Waals surface area contributed by atoms with Crippen LogP contribution in [0.3, 0.4) is 0 Å². The Morgan fingerprint density at radius 3 is 2.53 bits per heavy atom. The molecule has 0 aliphatic heterocycles. The van der Waals surface area contributed by atoms with Crippen LogP contribution in [0.2, 0.25) is 5.28 Å². The summed E-state index contributed by atoms with van der Waals surface area (Å²) in [7, 11) is -3.51. The Bertz CT molecular complexity index is 429. The monoisotopic (exact) mass is 252 g/mol. The number of aromatic nitrogens is 3. The molecule has 0 bridgehead atoms. The fraction of sp³-hybridized carbons (Fsp3) is 0.400. The van der Waals surface area contributed by atoms with E-state index >= 15 is 0 Å². The summed E-state index contributed by atoms with van der Waals surface area (Å²) in [5, 5.41) is 7.32. The zero-order valence-corrected chi connectivity index (χ0v) is 9.09. The molecular formula is C5H9ClN6O2S. The maximum atomic E-state index is 10.6. The topological polar surface area (TPSA) is 137 Å². The molecule has 0 radical (unpaired) electrons. The van der Waals surface area contributed by atoms with Gasteiger partial charge in [0.15, 0.2) is 0 Å². The Balaban J connectivity index is 2.58. The molecule has 0 amide bonds. The molecule has 0 aromatic carbocycles. The van der Waals surface area contributed by atoms with E-state index in [4.69, 9.17) is 22.5 Å². The van der Waals surface area contributed by atoms with Crippen LogP contribution in [0, 0.1) is 0 Å². The van der Waals surface area contributed by atoms with Gasteiger partial charge in [-0.3, -0.25) is 0 Å². The third kappa shape index (κ3) is 4.72. The van der Waals surface area contributed by atoms with Gasteiger partial charge < -0.3 is 11.1 Å². The van der Waals surface area contributed by atoms with Crippen molar-refractivity contribution in [3.8, 4) is 0 Å². The summed E-state index contributed by atoms with van der Waals surface area (Å²) in [5.41, 5.74) is 5.29. The molecule has 15 heavy (non-hydrogen) atoms. The van der Waals surface area contributed by atoms with Gasteiger partial charge in [0.1, 0.15) is 0 Å². The summed E-state index contributed by atoms with van der Waals surface area (Å²) >= 11 is 5.49. The zero-order valence-electron chi connectivity index (χ0n) is 7.51. The highest BCUT2D eigenvalue weighted by Crippen LogP contribution is 2.06. The van der Waals surface area contributed by atoms with Crippen LogP contribution < -0.4 is 16.2 Å². The van der Waals surface area contributed by atoms with E-state index in [1.165, 1.54) is 0 Å². The van der Waals surface area contributed by atoms with Crippen LogP contribution >= 0.6 is 11.6 Å². The minimum atomic E-state index is -3.51. The zero-order chi connectivity index (χ0) is 11.5. The highest BCUT2D eigenvalue weighted by atomic mass is 35.5. The first kappa shape index (κ1) is 11.9. The minimum absolute atomic E-state index is 0.0481. The van der Waals surface area contributed by atoms with Crippen molar-refractivity contribution >= 4 is 33.5 Å². The van der Waals surface area contributed by atoms with E-state index in [0.717, 1.165) is 0 Å². The predicted molar refractivity (Wildman–Crippen MR) is 55.7 cm³/mol. The lowest BCUT2D eigenvalue weighted by Crippen LogP contribution is -2.23. The van der Waals surface area contributed by atoms with E-state index in [2.05, 4.69) is 20.3 Å². The number of nitrogens with two attached hydrogens (primary N) is 2. The molecule has 1 aromatic rings. The van der Waals surface area contributed by atoms with Gasteiger partial charge in [-0.1, -0.05) is 0 Å². The van der Waals surface area contributed by atoms with E-state index in [1.807, 2.05) is 0 Å². The normalized spacial score (nSPS) is 11.3. The van der Waals surface area contributed by atoms with Crippen LogP contribution in [0.5, 0.6) is 0 Å². The van der Waals surface area contributed by atoms with Crippen LogP contribution in [0.15, 0.2) is 0 Å². The highest BCUT2D eigenvalue weighted by molar-refractivity contribution is 7.89. The Kier molecular flexibility index (Phi) is 3.61. The fourth-order valence-corrected chi connectivity index (χ4v) is 1.30. The van der Waals surface area contributed by atoms with Crippen LogP contribution in [-0.4, -0.2) is 35.7 Å². The summed E-state index contributed by atoms with van der Waals surface area (Å²) in [6.07, 6.45) is 0. The molecule has 0 spiro atoms. The summed E-state index contributed by atoms with van der Waals surface area (Å²) in [6, 6.07) is 0. The van der Waals surface area contributed by atoms with Crippen LogP contribution in [-0.2, 0) is 10.0 Å². The lowest BCUT2D eigenvalue weighted by atomic mass is 10.7. The molecule has 1 aromatic heterocycles. The van der Waals surface area contributed by atoms with Gasteiger partial charge in [0.2, 0.25) is 27.2 Å². The number of primary sulfonamides is 1. The first-order valence-corrected chi connectivity index (χ1v) is 5.87. The number of hydrogen-bond acceptors (Lipinski definition) is 7. The second-order valence-electron chi connectivity index (χ2n) is 2.58. The van der Waals surface area contributed by atoms with Gasteiger partial charge in [-0.05, 0) is 11.6 Å². The van der Waals surface area contributed by atoms with Crippen LogP contribution in [0.25, 0.3) is 0 Å². The molecule has 0 aliphatic carbocycles. The van der Waals surface area contributed by atoms with Crippen LogP contribution in [0.4, 0.5) is 11.9 Å². The molecule has 1 rings (SSSR count). The predicted octanol–water partition coefficient (Wildman–Crippen LogP) is -1.19. The maximum absolute atomic E-state index is 10.6. The number of nitrogens with zero attached hydrogens (tertiary/aromatic N) is 3. The highest BCUT2D eigenvalue weighted by Gasteiger charge is 2.04. The fourth-order valence-electron chi connectivity index (χ4n) is 0.750. The maximum Gasteiger partial charge on any atom is 0.228 e. The van der Waals surface area contributed by atoms with E-state index in [9.17, 15) is 8.42 Å². The number of sulfonamides is 1. The first-order valence-electron chi connectivity index (χ1n) is 3.78. The molecule has 1 heterocycles. The SMILES string of the molecule is Nc1nc(Cl)nc(NCCS(N)(=O)=O)n1. The van der Waals surface area contributed by atoms with Gasteiger partial charge in [0.05, 0.1) is 5.75 Å². The van der Waals surface area contributed by atoms with E-state index < -0.39 is 10.0 Å². The molecule has 10 heteroatoms. The van der Waals surface area contributed by atoms with Gasteiger partial charge >= 0.3 is 0 Å². The van der Waals surface area contributed by atoms with Gasteiger partial charge in [-0.25, -0.2) is 13.6 Å².